The summed E-state index contributed by atoms with van der Waals surface area (Å²) in [7, 11) is 0. The van der Waals surface area contributed by atoms with E-state index in [-0.39, 0.29) is 5.91 Å². The average Bonchev–Trinajstić information content (AvgIpc) is 3.11. The van der Waals surface area contributed by atoms with E-state index in [9.17, 15) is 4.79 Å². The van der Waals surface area contributed by atoms with Crippen LogP contribution in [0.4, 0.5) is 5.69 Å². The molecule has 0 bridgehead atoms. The van der Waals surface area contributed by atoms with Crippen molar-refractivity contribution in [2.45, 2.75) is 20.5 Å². The van der Waals surface area contributed by atoms with Crippen LogP contribution in [-0.2, 0) is 11.4 Å². The van der Waals surface area contributed by atoms with Crippen LogP contribution >= 0.6 is 72.9 Å². The van der Waals surface area contributed by atoms with Crippen LogP contribution in [0.5, 0.6) is 5.75 Å². The van der Waals surface area contributed by atoms with Gasteiger partial charge in [0, 0.05) is 8.04 Å². The van der Waals surface area contributed by atoms with Gasteiger partial charge in [0.05, 0.1) is 14.2 Å². The summed E-state index contributed by atoms with van der Waals surface area (Å²) in [6.07, 6.45) is 1.88. The minimum atomic E-state index is -0.140. The van der Waals surface area contributed by atoms with Crippen LogP contribution in [0.1, 0.15) is 22.3 Å². The van der Waals surface area contributed by atoms with Gasteiger partial charge in [0.1, 0.15) is 12.4 Å². The fourth-order valence-corrected chi connectivity index (χ4v) is 5.33. The third-order valence-corrected chi connectivity index (χ3v) is 8.59. The number of nitrogens with one attached hydrogen (secondary N) is 1. The highest BCUT2D eigenvalue weighted by Crippen LogP contribution is 2.32. The highest BCUT2D eigenvalue weighted by molar-refractivity contribution is 14.1. The second-order valence-electron chi connectivity index (χ2n) is 7.48. The standard InChI is InChI=1S/C25H19BrI2N2O2S/c1-14-9-19(10-15(2)23(14)26)29-25-30-24(31)22(33-25)12-17-5-8-21(20(28)11-17)32-13-16-3-6-18(27)7-4-16/h3-12H,13H2,1-2H3,(H,29,30,31)/b22-12-. The minimum Gasteiger partial charge on any atom is -0.488 e. The first-order chi connectivity index (χ1) is 15.8. The lowest BCUT2D eigenvalue weighted by molar-refractivity contribution is -0.115. The Kier molecular flexibility index (Phi) is 8.19. The van der Waals surface area contributed by atoms with Gasteiger partial charge in [-0.15, -0.1) is 0 Å². The Bertz CT molecular complexity index is 1270. The molecule has 0 atom stereocenters. The summed E-state index contributed by atoms with van der Waals surface area (Å²) in [5.74, 6) is 0.682. The molecule has 33 heavy (non-hydrogen) atoms. The number of halogens is 3. The summed E-state index contributed by atoms with van der Waals surface area (Å²) in [4.78, 5) is 17.7. The lowest BCUT2D eigenvalue weighted by atomic mass is 10.1. The number of carbonyl (C=O) groups is 1. The Morgan fingerprint density at radius 1 is 1.06 bits per heavy atom. The maximum absolute atomic E-state index is 12.5. The van der Waals surface area contributed by atoms with E-state index in [1.165, 1.54) is 15.3 Å². The van der Waals surface area contributed by atoms with Crippen molar-refractivity contribution in [1.29, 1.82) is 0 Å². The van der Waals surface area contributed by atoms with Crippen molar-refractivity contribution in [3.63, 3.8) is 0 Å². The third-order valence-electron chi connectivity index (χ3n) is 4.86. The lowest BCUT2D eigenvalue weighted by Crippen LogP contribution is -2.19. The molecular weight excluding hydrogens is 726 g/mol. The monoisotopic (exact) mass is 744 g/mol. The smallest absolute Gasteiger partial charge is 0.264 e. The predicted molar refractivity (Wildman–Crippen MR) is 157 cm³/mol. The SMILES string of the molecule is Cc1cc(N=C2NC(=O)/C(=C/c3ccc(OCc4ccc(I)cc4)c(I)c3)S2)cc(C)c1Br. The molecule has 1 aliphatic rings. The van der Waals surface area contributed by atoms with E-state index in [4.69, 9.17) is 4.74 Å². The zero-order valence-corrected chi connectivity index (χ0v) is 24.5. The first-order valence-electron chi connectivity index (χ1n) is 10.0. The van der Waals surface area contributed by atoms with Crippen LogP contribution in [-0.4, -0.2) is 11.1 Å². The number of thioether (sulfide) groups is 1. The number of amides is 1. The second-order valence-corrected chi connectivity index (χ2v) is 11.7. The Balaban J connectivity index is 1.46. The molecule has 1 N–H and O–H groups in total. The van der Waals surface area contributed by atoms with Crippen LogP contribution in [0, 0.1) is 21.0 Å². The fraction of sp³-hybridized carbons (Fsp3) is 0.120. The first-order valence-corrected chi connectivity index (χ1v) is 13.8. The van der Waals surface area contributed by atoms with Gasteiger partial charge < -0.3 is 10.1 Å². The number of aryl methyl sites for hydroxylation is 2. The molecule has 0 radical (unpaired) electrons. The van der Waals surface area contributed by atoms with Crippen LogP contribution in [0.3, 0.4) is 0 Å². The summed E-state index contributed by atoms with van der Waals surface area (Å²) < 4.78 is 9.25. The molecule has 0 spiro atoms. The van der Waals surface area contributed by atoms with Gasteiger partial charge in [0.25, 0.3) is 5.91 Å². The van der Waals surface area contributed by atoms with Gasteiger partial charge in [-0.1, -0.05) is 34.1 Å². The van der Waals surface area contributed by atoms with E-state index in [1.54, 1.807) is 0 Å². The van der Waals surface area contributed by atoms with Gasteiger partial charge >= 0.3 is 0 Å². The molecule has 4 rings (SSSR count). The van der Waals surface area contributed by atoms with Gasteiger partial charge in [-0.05, 0) is 136 Å². The molecule has 0 aromatic heterocycles. The largest absolute Gasteiger partial charge is 0.488 e. The summed E-state index contributed by atoms with van der Waals surface area (Å²) in [6, 6.07) is 18.2. The molecule has 1 heterocycles. The first kappa shape index (κ1) is 24.7. The fourth-order valence-electron chi connectivity index (χ4n) is 3.20. The van der Waals surface area contributed by atoms with Crippen LogP contribution in [0.25, 0.3) is 6.08 Å². The van der Waals surface area contributed by atoms with Gasteiger partial charge in [-0.3, -0.25) is 4.79 Å². The predicted octanol–water partition coefficient (Wildman–Crippen LogP) is 7.75. The van der Waals surface area contributed by atoms with Crippen molar-refractivity contribution in [1.82, 2.24) is 5.32 Å². The maximum Gasteiger partial charge on any atom is 0.264 e. The molecule has 1 fully saturated rings. The molecule has 8 heteroatoms. The lowest BCUT2D eigenvalue weighted by Gasteiger charge is -2.09. The number of hydrogen-bond donors (Lipinski definition) is 1. The highest BCUT2D eigenvalue weighted by atomic mass is 127. The molecule has 4 nitrogen and oxygen atoms in total. The minimum absolute atomic E-state index is 0.140. The maximum atomic E-state index is 12.5. The van der Waals surface area contributed by atoms with Crippen LogP contribution in [0.2, 0.25) is 0 Å². The van der Waals surface area contributed by atoms with Crippen molar-refractivity contribution in [3.05, 3.63) is 93.4 Å². The van der Waals surface area contributed by atoms with Crippen molar-refractivity contribution in [2.24, 2.45) is 4.99 Å². The van der Waals surface area contributed by atoms with E-state index in [2.05, 4.69) is 95.7 Å². The second kappa shape index (κ2) is 10.9. The van der Waals surface area contributed by atoms with Gasteiger partial charge in [-0.25, -0.2) is 4.99 Å². The highest BCUT2D eigenvalue weighted by Gasteiger charge is 2.24. The molecule has 1 aliphatic heterocycles. The Morgan fingerprint density at radius 3 is 2.42 bits per heavy atom. The Morgan fingerprint density at radius 2 is 1.76 bits per heavy atom. The quantitative estimate of drug-likeness (QED) is 0.215. The number of ether oxygens (including phenoxy) is 1. The topological polar surface area (TPSA) is 50.7 Å². The summed E-state index contributed by atoms with van der Waals surface area (Å²) in [5.41, 5.74) is 5.10. The van der Waals surface area contributed by atoms with E-state index in [0.717, 1.165) is 41.7 Å². The average molecular weight is 745 g/mol. The third kappa shape index (κ3) is 6.40. The van der Waals surface area contributed by atoms with Crippen molar-refractivity contribution >= 4 is 95.7 Å². The van der Waals surface area contributed by atoms with Gasteiger partial charge in [-0.2, -0.15) is 0 Å². The normalized spacial score (nSPS) is 15.8. The Hall–Kier alpha value is -1.37. The number of hydrogen-bond acceptors (Lipinski definition) is 4. The molecule has 0 unspecified atom stereocenters. The van der Waals surface area contributed by atoms with E-state index in [0.29, 0.717) is 16.7 Å². The number of nitrogens with zero attached hydrogens (tertiary/aromatic N) is 1. The molecular formula is C25H19BrI2N2O2S. The molecule has 1 saturated heterocycles. The van der Waals surface area contributed by atoms with Crippen molar-refractivity contribution < 1.29 is 9.53 Å². The van der Waals surface area contributed by atoms with E-state index in [1.807, 2.05) is 50.3 Å². The van der Waals surface area contributed by atoms with E-state index >= 15 is 0 Å². The number of aliphatic imine (C=N–C) groups is 1. The molecule has 0 saturated carbocycles. The van der Waals surface area contributed by atoms with Crippen LogP contribution < -0.4 is 10.1 Å². The van der Waals surface area contributed by atoms with Crippen molar-refractivity contribution in [2.75, 3.05) is 0 Å². The Labute approximate surface area is 233 Å². The molecule has 1 amide bonds. The van der Waals surface area contributed by atoms with Crippen LogP contribution in [0.15, 0.2) is 69.0 Å². The molecule has 3 aromatic carbocycles. The summed E-state index contributed by atoms with van der Waals surface area (Å²) in [5, 5.41) is 3.44. The van der Waals surface area contributed by atoms with Gasteiger partial charge in [0.2, 0.25) is 0 Å². The number of benzene rings is 3. The zero-order valence-electron chi connectivity index (χ0n) is 17.8. The van der Waals surface area contributed by atoms with E-state index < -0.39 is 0 Å². The number of carbonyl (C=O) groups excluding carboxylic acids is 1. The summed E-state index contributed by atoms with van der Waals surface area (Å²) >= 11 is 9.48. The molecule has 3 aromatic rings. The van der Waals surface area contributed by atoms with Gasteiger partial charge in [0.15, 0.2) is 5.17 Å². The number of amidine groups is 1. The summed E-state index contributed by atoms with van der Waals surface area (Å²) in [6.45, 7) is 4.57. The number of rotatable bonds is 5. The molecule has 0 aliphatic carbocycles. The van der Waals surface area contributed by atoms with Crippen molar-refractivity contribution in [3.8, 4) is 5.75 Å². The molecule has 168 valence electrons. The zero-order chi connectivity index (χ0) is 23.5.